The average molecular weight is 195 g/mol. The van der Waals surface area contributed by atoms with Crippen LogP contribution in [0, 0.1) is 11.8 Å². The van der Waals surface area contributed by atoms with Crippen molar-refractivity contribution in [1.82, 2.24) is 5.32 Å². The van der Waals surface area contributed by atoms with E-state index in [0.29, 0.717) is 0 Å². The first-order valence-electron chi connectivity index (χ1n) is 5.74. The maximum atomic E-state index is 11.1. The highest BCUT2D eigenvalue weighted by Crippen LogP contribution is 2.49. The molecule has 2 atom stereocenters. The van der Waals surface area contributed by atoms with Crippen LogP contribution in [0.1, 0.15) is 38.5 Å². The van der Waals surface area contributed by atoms with Gasteiger partial charge < -0.3 is 10.1 Å². The van der Waals surface area contributed by atoms with Crippen molar-refractivity contribution in [3.63, 3.8) is 0 Å². The third-order valence-corrected chi connectivity index (χ3v) is 4.20. The molecular formula is C11H17NO2. The molecule has 0 aromatic carbocycles. The zero-order valence-electron chi connectivity index (χ0n) is 8.42. The highest BCUT2D eigenvalue weighted by molar-refractivity contribution is 5.70. The van der Waals surface area contributed by atoms with E-state index in [1.54, 1.807) is 0 Å². The van der Waals surface area contributed by atoms with Gasteiger partial charge in [0.25, 0.3) is 0 Å². The molecule has 1 spiro atoms. The van der Waals surface area contributed by atoms with Gasteiger partial charge in [-0.1, -0.05) is 25.7 Å². The molecule has 0 bridgehead atoms. The van der Waals surface area contributed by atoms with E-state index in [0.717, 1.165) is 31.2 Å². The number of nitrogens with one attached hydrogen (secondary N) is 1. The first-order valence-corrected chi connectivity index (χ1v) is 5.74. The second-order valence-electron chi connectivity index (χ2n) is 5.14. The monoisotopic (exact) mass is 195 g/mol. The van der Waals surface area contributed by atoms with E-state index in [9.17, 15) is 4.79 Å². The molecule has 0 radical (unpaired) electrons. The summed E-state index contributed by atoms with van der Waals surface area (Å²) in [6.07, 6.45) is 7.46. The standard InChI is InChI=1S/C11H17NO2/c13-10-12-7-11(14-10)5-8-3-1-2-4-9(8)6-11/h8-9H,1-7H2,(H,12,13). The number of ether oxygens (including phenoxy) is 1. The number of rotatable bonds is 0. The Bertz CT molecular complexity index is 250. The van der Waals surface area contributed by atoms with Gasteiger partial charge in [-0.25, -0.2) is 4.79 Å². The van der Waals surface area contributed by atoms with Crippen LogP contribution in [0.15, 0.2) is 0 Å². The number of carbonyl (C=O) groups is 1. The predicted molar refractivity (Wildman–Crippen MR) is 51.9 cm³/mol. The lowest BCUT2D eigenvalue weighted by Gasteiger charge is -2.23. The van der Waals surface area contributed by atoms with Crippen molar-refractivity contribution < 1.29 is 9.53 Å². The Morgan fingerprint density at radius 1 is 1.21 bits per heavy atom. The molecule has 3 nitrogen and oxygen atoms in total. The van der Waals surface area contributed by atoms with Crippen molar-refractivity contribution in [2.75, 3.05) is 6.54 Å². The number of fused-ring (bicyclic) bond motifs is 1. The fourth-order valence-corrected chi connectivity index (χ4v) is 3.59. The molecule has 0 aromatic heterocycles. The van der Waals surface area contributed by atoms with E-state index in [-0.39, 0.29) is 11.7 Å². The Hall–Kier alpha value is -0.730. The van der Waals surface area contributed by atoms with E-state index in [1.165, 1.54) is 25.7 Å². The molecule has 3 rings (SSSR count). The van der Waals surface area contributed by atoms with Crippen LogP contribution in [0.5, 0.6) is 0 Å². The van der Waals surface area contributed by atoms with Crippen molar-refractivity contribution in [1.29, 1.82) is 0 Å². The van der Waals surface area contributed by atoms with Gasteiger partial charge in [0.2, 0.25) is 0 Å². The first kappa shape index (κ1) is 8.57. The minimum Gasteiger partial charge on any atom is -0.441 e. The van der Waals surface area contributed by atoms with Crippen molar-refractivity contribution in [2.24, 2.45) is 11.8 Å². The minimum atomic E-state index is -0.205. The number of amides is 1. The number of carbonyl (C=O) groups excluding carboxylic acids is 1. The molecule has 1 amide bonds. The number of hydrogen-bond donors (Lipinski definition) is 1. The average Bonchev–Trinajstić information content (AvgIpc) is 2.69. The Kier molecular flexibility index (Phi) is 1.76. The van der Waals surface area contributed by atoms with Crippen LogP contribution in [-0.2, 0) is 4.74 Å². The third-order valence-electron chi connectivity index (χ3n) is 4.20. The van der Waals surface area contributed by atoms with Gasteiger partial charge in [0, 0.05) is 0 Å². The summed E-state index contributed by atoms with van der Waals surface area (Å²) >= 11 is 0. The molecule has 2 saturated carbocycles. The normalized spacial score (nSPS) is 46.1. The van der Waals surface area contributed by atoms with Crippen molar-refractivity contribution in [2.45, 2.75) is 44.1 Å². The summed E-state index contributed by atoms with van der Waals surface area (Å²) in [5, 5.41) is 2.80. The number of hydrogen-bond acceptors (Lipinski definition) is 2. The fraction of sp³-hybridized carbons (Fsp3) is 0.909. The molecule has 3 heteroatoms. The molecule has 2 unspecified atom stereocenters. The van der Waals surface area contributed by atoms with Crippen LogP contribution in [0.2, 0.25) is 0 Å². The Labute approximate surface area is 84.2 Å². The van der Waals surface area contributed by atoms with Gasteiger partial charge in [0.15, 0.2) is 0 Å². The lowest BCUT2D eigenvalue weighted by molar-refractivity contribution is 0.0576. The second kappa shape index (κ2) is 2.88. The van der Waals surface area contributed by atoms with Crippen LogP contribution in [0.4, 0.5) is 4.79 Å². The largest absolute Gasteiger partial charge is 0.441 e. The molecule has 78 valence electrons. The van der Waals surface area contributed by atoms with Crippen LogP contribution < -0.4 is 5.32 Å². The van der Waals surface area contributed by atoms with Gasteiger partial charge in [0.1, 0.15) is 5.60 Å². The molecule has 14 heavy (non-hydrogen) atoms. The molecule has 1 aliphatic heterocycles. The summed E-state index contributed by atoms with van der Waals surface area (Å²) in [6.45, 7) is 0.749. The molecule has 3 fully saturated rings. The zero-order valence-corrected chi connectivity index (χ0v) is 8.42. The summed E-state index contributed by atoms with van der Waals surface area (Å²) in [4.78, 5) is 11.1. The Balaban J connectivity index is 1.76. The molecule has 2 aliphatic carbocycles. The lowest BCUT2D eigenvalue weighted by atomic mass is 9.82. The van der Waals surface area contributed by atoms with Crippen LogP contribution >= 0.6 is 0 Å². The summed E-state index contributed by atoms with van der Waals surface area (Å²) in [6, 6.07) is 0. The fourth-order valence-electron chi connectivity index (χ4n) is 3.59. The van der Waals surface area contributed by atoms with Crippen molar-refractivity contribution in [3.8, 4) is 0 Å². The summed E-state index contributed by atoms with van der Waals surface area (Å²) in [7, 11) is 0. The van der Waals surface area contributed by atoms with Gasteiger partial charge in [0.05, 0.1) is 6.54 Å². The minimum absolute atomic E-state index is 0.114. The topological polar surface area (TPSA) is 38.3 Å². The highest BCUT2D eigenvalue weighted by atomic mass is 16.6. The number of alkyl carbamates (subject to hydrolysis) is 1. The van der Waals surface area contributed by atoms with E-state index in [2.05, 4.69) is 5.32 Å². The van der Waals surface area contributed by atoms with Crippen molar-refractivity contribution >= 4 is 6.09 Å². The maximum Gasteiger partial charge on any atom is 0.407 e. The van der Waals surface area contributed by atoms with E-state index in [1.807, 2.05) is 0 Å². The predicted octanol–water partition coefficient (Wildman–Crippen LogP) is 2.07. The highest BCUT2D eigenvalue weighted by Gasteiger charge is 2.51. The summed E-state index contributed by atoms with van der Waals surface area (Å²) in [5.74, 6) is 1.66. The van der Waals surface area contributed by atoms with Gasteiger partial charge in [-0.2, -0.15) is 0 Å². The van der Waals surface area contributed by atoms with E-state index < -0.39 is 0 Å². The Morgan fingerprint density at radius 2 is 1.86 bits per heavy atom. The SMILES string of the molecule is O=C1NCC2(CC3CCCCC3C2)O1. The second-order valence-corrected chi connectivity index (χ2v) is 5.14. The molecule has 0 aromatic rings. The quantitative estimate of drug-likeness (QED) is 0.642. The Morgan fingerprint density at radius 3 is 2.36 bits per heavy atom. The van der Waals surface area contributed by atoms with Gasteiger partial charge in [-0.15, -0.1) is 0 Å². The lowest BCUT2D eigenvalue weighted by Crippen LogP contribution is -2.30. The molecule has 1 heterocycles. The van der Waals surface area contributed by atoms with Gasteiger partial charge in [-0.3, -0.25) is 0 Å². The third kappa shape index (κ3) is 1.22. The molecular weight excluding hydrogens is 178 g/mol. The zero-order chi connectivity index (χ0) is 9.60. The van der Waals surface area contributed by atoms with Crippen molar-refractivity contribution in [3.05, 3.63) is 0 Å². The smallest absolute Gasteiger partial charge is 0.407 e. The van der Waals surface area contributed by atoms with Crippen LogP contribution in [0.25, 0.3) is 0 Å². The summed E-state index contributed by atoms with van der Waals surface area (Å²) in [5.41, 5.74) is -0.114. The van der Waals surface area contributed by atoms with E-state index in [4.69, 9.17) is 4.74 Å². The van der Waals surface area contributed by atoms with Crippen LogP contribution in [0.3, 0.4) is 0 Å². The molecule has 3 aliphatic rings. The molecule has 1 N–H and O–H groups in total. The van der Waals surface area contributed by atoms with E-state index >= 15 is 0 Å². The van der Waals surface area contributed by atoms with Gasteiger partial charge >= 0.3 is 6.09 Å². The van der Waals surface area contributed by atoms with Crippen LogP contribution in [-0.4, -0.2) is 18.2 Å². The van der Waals surface area contributed by atoms with Gasteiger partial charge in [-0.05, 0) is 24.7 Å². The maximum absolute atomic E-state index is 11.1. The summed E-state index contributed by atoms with van der Waals surface area (Å²) < 4.78 is 5.45. The first-order chi connectivity index (χ1) is 6.77. The molecule has 1 saturated heterocycles.